The Morgan fingerprint density at radius 2 is 1.94 bits per heavy atom. The van der Waals surface area contributed by atoms with E-state index >= 15 is 0 Å². The minimum Gasteiger partial charge on any atom is -0.264 e. The maximum Gasteiger partial charge on any atom is 0.398 e. The van der Waals surface area contributed by atoms with Crippen LogP contribution >= 0.6 is 11.8 Å². The second-order valence-electron chi connectivity index (χ2n) is 3.14. The second kappa shape index (κ2) is 4.94. The molecular weight excluding hydrogens is 243 g/mol. The summed E-state index contributed by atoms with van der Waals surface area (Å²) in [6.45, 7) is 1.65. The van der Waals surface area contributed by atoms with Crippen molar-refractivity contribution >= 4 is 17.4 Å². The van der Waals surface area contributed by atoms with E-state index in [1.165, 1.54) is 18.2 Å². The Hall–Kier alpha value is -0.920. The molecule has 7 heteroatoms. The lowest BCUT2D eigenvalue weighted by Gasteiger charge is -2.12. The van der Waals surface area contributed by atoms with Crippen molar-refractivity contribution in [1.82, 2.24) is 0 Å². The van der Waals surface area contributed by atoms with Gasteiger partial charge in [0.05, 0.1) is 11.4 Å². The lowest BCUT2D eigenvalue weighted by molar-refractivity contribution is -0.105. The quantitative estimate of drug-likeness (QED) is 0.641. The fourth-order valence-electron chi connectivity index (χ4n) is 1.03. The first-order valence-electron chi connectivity index (χ1n) is 4.27. The number of aryl methyl sites for hydroxylation is 1. The van der Waals surface area contributed by atoms with Gasteiger partial charge in [0.15, 0.2) is 0 Å². The average Bonchev–Trinajstić information content (AvgIpc) is 2.14. The Morgan fingerprint density at radius 3 is 2.44 bits per heavy atom. The van der Waals surface area contributed by atoms with E-state index < -0.39 is 11.9 Å². The van der Waals surface area contributed by atoms with Crippen molar-refractivity contribution in [3.05, 3.63) is 23.8 Å². The normalized spacial score (nSPS) is 11.6. The summed E-state index contributed by atoms with van der Waals surface area (Å²) in [5.74, 6) is -1.01. The van der Waals surface area contributed by atoms with Gasteiger partial charge in [-0.3, -0.25) is 10.4 Å². The Bertz CT molecular complexity index is 368. The summed E-state index contributed by atoms with van der Waals surface area (Å²) in [6, 6.07) is 4.20. The number of hydrogen-bond donors (Lipinski definition) is 2. The summed E-state index contributed by atoms with van der Waals surface area (Å²) < 4.78 is 36.0. The summed E-state index contributed by atoms with van der Waals surface area (Å²) in [4.78, 5) is 0.364. The van der Waals surface area contributed by atoms with Crippen molar-refractivity contribution in [2.24, 2.45) is 0 Å². The first kappa shape index (κ1) is 13.1. The molecule has 3 nitrogen and oxygen atoms in total. The highest BCUT2D eigenvalue weighted by molar-refractivity contribution is 7.99. The van der Waals surface area contributed by atoms with E-state index in [0.717, 1.165) is 0 Å². The third kappa shape index (κ3) is 3.92. The summed E-state index contributed by atoms with van der Waals surface area (Å²) in [7, 11) is 0. The van der Waals surface area contributed by atoms with Crippen LogP contribution < -0.4 is 5.23 Å². The molecule has 1 aromatic carbocycles. The van der Waals surface area contributed by atoms with Crippen LogP contribution in [0.4, 0.5) is 18.9 Å². The van der Waals surface area contributed by atoms with E-state index in [0.29, 0.717) is 22.2 Å². The number of alkyl halides is 3. The van der Waals surface area contributed by atoms with Gasteiger partial charge in [-0.15, -0.1) is 17.0 Å². The highest BCUT2D eigenvalue weighted by Gasteiger charge is 2.27. The molecule has 16 heavy (non-hydrogen) atoms. The molecule has 2 N–H and O–H groups in total. The zero-order chi connectivity index (χ0) is 12.3. The van der Waals surface area contributed by atoms with E-state index in [-0.39, 0.29) is 10.9 Å². The number of benzene rings is 1. The maximum absolute atomic E-state index is 12.0. The predicted molar refractivity (Wildman–Crippen MR) is 54.0 cm³/mol. The van der Waals surface area contributed by atoms with Crippen molar-refractivity contribution in [2.75, 3.05) is 11.0 Å². The molecular formula is C9H10F3NO2S. The molecule has 0 aromatic heterocycles. The van der Waals surface area contributed by atoms with Crippen molar-refractivity contribution in [1.29, 1.82) is 0 Å². The van der Waals surface area contributed by atoms with E-state index in [1.807, 2.05) is 0 Å². The fraction of sp³-hybridized carbons (Fsp3) is 0.333. The first-order chi connectivity index (χ1) is 7.29. The molecule has 0 bridgehead atoms. The van der Waals surface area contributed by atoms with Gasteiger partial charge >= 0.3 is 6.18 Å². The van der Waals surface area contributed by atoms with Crippen LogP contribution in [0.3, 0.4) is 0 Å². The highest BCUT2D eigenvalue weighted by atomic mass is 32.2. The molecule has 0 aliphatic heterocycles. The Balaban J connectivity index is 2.82. The molecule has 1 rings (SSSR count). The van der Waals surface area contributed by atoms with E-state index in [2.05, 4.69) is 0 Å². The van der Waals surface area contributed by atoms with Crippen molar-refractivity contribution in [3.8, 4) is 0 Å². The van der Waals surface area contributed by atoms with Gasteiger partial charge in [-0.25, -0.2) is 0 Å². The van der Waals surface area contributed by atoms with E-state index in [1.54, 1.807) is 6.92 Å². The van der Waals surface area contributed by atoms with Gasteiger partial charge in [0.25, 0.3) is 0 Å². The van der Waals surface area contributed by atoms with Gasteiger partial charge in [-0.2, -0.15) is 13.2 Å². The van der Waals surface area contributed by atoms with Crippen LogP contribution in [0.2, 0.25) is 0 Å². The van der Waals surface area contributed by atoms with Gasteiger partial charge in [0, 0.05) is 4.90 Å². The van der Waals surface area contributed by atoms with Crippen LogP contribution in [-0.2, 0) is 0 Å². The molecule has 0 spiro atoms. The zero-order valence-corrected chi connectivity index (χ0v) is 9.14. The molecule has 0 atom stereocenters. The Labute approximate surface area is 94.4 Å². The highest BCUT2D eigenvalue weighted by Crippen LogP contribution is 2.31. The molecule has 0 aliphatic carbocycles. The molecule has 0 saturated carbocycles. The minimum absolute atomic E-state index is 0.0234. The first-order valence-corrected chi connectivity index (χ1v) is 5.26. The number of anilines is 1. The van der Waals surface area contributed by atoms with Crippen molar-refractivity contribution in [3.63, 3.8) is 0 Å². The zero-order valence-electron chi connectivity index (χ0n) is 8.32. The summed E-state index contributed by atoms with van der Waals surface area (Å²) in [5.41, 5.74) is 0.676. The topological polar surface area (TPSA) is 43.7 Å². The smallest absolute Gasteiger partial charge is 0.264 e. The lowest BCUT2D eigenvalue weighted by atomic mass is 10.2. The predicted octanol–water partition coefficient (Wildman–Crippen LogP) is 3.23. The lowest BCUT2D eigenvalue weighted by Crippen LogP contribution is -2.12. The molecule has 0 aliphatic rings. The van der Waals surface area contributed by atoms with Gasteiger partial charge in [-0.05, 0) is 24.6 Å². The average molecular weight is 253 g/mol. The minimum atomic E-state index is -4.24. The van der Waals surface area contributed by atoms with Gasteiger partial charge in [0.1, 0.15) is 0 Å². The maximum atomic E-state index is 12.0. The van der Waals surface area contributed by atoms with Crippen LogP contribution in [0.1, 0.15) is 5.56 Å². The third-order valence-electron chi connectivity index (χ3n) is 1.79. The summed E-state index contributed by atoms with van der Waals surface area (Å²) in [5, 5.41) is 17.3. The molecule has 0 amide bonds. The fourth-order valence-corrected chi connectivity index (χ4v) is 1.85. The van der Waals surface area contributed by atoms with Crippen LogP contribution in [0.25, 0.3) is 0 Å². The Kier molecular flexibility index (Phi) is 4.06. The SMILES string of the molecule is Cc1ccc(N(O)O)cc1SCC(F)(F)F. The number of nitrogens with zero attached hydrogens (tertiary/aromatic N) is 1. The van der Waals surface area contributed by atoms with Crippen molar-refractivity contribution in [2.45, 2.75) is 18.0 Å². The summed E-state index contributed by atoms with van der Waals surface area (Å²) in [6.07, 6.45) is -4.24. The van der Waals surface area contributed by atoms with Crippen LogP contribution in [0.5, 0.6) is 0 Å². The Morgan fingerprint density at radius 1 is 1.31 bits per heavy atom. The van der Waals surface area contributed by atoms with Gasteiger partial charge < -0.3 is 0 Å². The number of hydrogen-bond acceptors (Lipinski definition) is 4. The van der Waals surface area contributed by atoms with E-state index in [4.69, 9.17) is 10.4 Å². The van der Waals surface area contributed by atoms with Crippen LogP contribution in [0.15, 0.2) is 23.1 Å². The summed E-state index contributed by atoms with van der Waals surface area (Å²) >= 11 is 0.612. The monoisotopic (exact) mass is 253 g/mol. The van der Waals surface area contributed by atoms with Crippen LogP contribution in [0, 0.1) is 6.92 Å². The largest absolute Gasteiger partial charge is 0.398 e. The van der Waals surface area contributed by atoms with Crippen LogP contribution in [-0.4, -0.2) is 22.3 Å². The molecule has 0 unspecified atom stereocenters. The van der Waals surface area contributed by atoms with Crippen molar-refractivity contribution < 1.29 is 23.6 Å². The molecule has 0 heterocycles. The number of thioether (sulfide) groups is 1. The van der Waals surface area contributed by atoms with Gasteiger partial charge in [0.2, 0.25) is 0 Å². The molecule has 0 fully saturated rings. The number of halogens is 3. The standard InChI is InChI=1S/C9H10F3NO2S/c1-6-2-3-7(13(14)15)4-8(6)16-5-9(10,11)12/h2-4,14-15H,5H2,1H3. The number of rotatable bonds is 3. The molecule has 90 valence electrons. The molecule has 0 saturated heterocycles. The second-order valence-corrected chi connectivity index (χ2v) is 4.16. The molecule has 0 radical (unpaired) electrons. The van der Waals surface area contributed by atoms with E-state index in [9.17, 15) is 13.2 Å². The van der Waals surface area contributed by atoms with Gasteiger partial charge in [-0.1, -0.05) is 6.07 Å². The molecule has 1 aromatic rings. The third-order valence-corrected chi connectivity index (χ3v) is 3.02.